The van der Waals surface area contributed by atoms with E-state index in [1.54, 1.807) is 19.1 Å². The van der Waals surface area contributed by atoms with Gasteiger partial charge in [-0.15, -0.1) is 0 Å². The second-order valence-electron chi connectivity index (χ2n) is 3.54. The van der Waals surface area contributed by atoms with Crippen LogP contribution in [0.4, 0.5) is 13.2 Å². The van der Waals surface area contributed by atoms with Crippen molar-refractivity contribution in [3.8, 4) is 6.07 Å². The van der Waals surface area contributed by atoms with Crippen LogP contribution in [-0.4, -0.2) is 29.1 Å². The Morgan fingerprint density at radius 2 is 2.18 bits per heavy atom. The molecule has 0 unspecified atom stereocenters. The first-order valence-corrected chi connectivity index (χ1v) is 5.09. The average Bonchev–Trinajstić information content (AvgIpc) is 2.27. The number of rotatable bonds is 4. The van der Waals surface area contributed by atoms with Gasteiger partial charge in [-0.05, 0) is 12.6 Å². The lowest BCUT2D eigenvalue weighted by molar-refractivity contribution is -0.146. The Kier molecular flexibility index (Phi) is 4.46. The van der Waals surface area contributed by atoms with Crippen LogP contribution in [0.25, 0.3) is 0 Å². The van der Waals surface area contributed by atoms with Crippen LogP contribution in [0.5, 0.6) is 0 Å². The van der Waals surface area contributed by atoms with Crippen LogP contribution < -0.4 is 0 Å². The van der Waals surface area contributed by atoms with Gasteiger partial charge < -0.3 is 0 Å². The fourth-order valence-corrected chi connectivity index (χ4v) is 1.44. The Morgan fingerprint density at radius 1 is 1.47 bits per heavy atom. The maximum Gasteiger partial charge on any atom is 0.401 e. The van der Waals surface area contributed by atoms with E-state index in [2.05, 4.69) is 4.98 Å². The van der Waals surface area contributed by atoms with Gasteiger partial charge >= 0.3 is 6.18 Å². The molecule has 3 nitrogen and oxygen atoms in total. The molecule has 0 spiro atoms. The predicted octanol–water partition coefficient (Wildman–Crippen LogP) is 2.34. The van der Waals surface area contributed by atoms with Crippen molar-refractivity contribution in [1.29, 1.82) is 5.26 Å². The minimum Gasteiger partial charge on any atom is -0.291 e. The summed E-state index contributed by atoms with van der Waals surface area (Å²) in [4.78, 5) is 5.03. The highest BCUT2D eigenvalue weighted by Gasteiger charge is 2.30. The molecular formula is C11H12F3N3. The van der Waals surface area contributed by atoms with Gasteiger partial charge in [0.15, 0.2) is 0 Å². The van der Waals surface area contributed by atoms with Crippen LogP contribution in [0.1, 0.15) is 18.2 Å². The highest BCUT2D eigenvalue weighted by molar-refractivity contribution is 5.30. The normalized spacial score (nSPS) is 11.5. The number of alkyl halides is 3. The Balaban J connectivity index is 2.78. The van der Waals surface area contributed by atoms with Crippen molar-refractivity contribution in [3.05, 3.63) is 29.6 Å². The number of nitrogens with zero attached hydrogens (tertiary/aromatic N) is 3. The zero-order chi connectivity index (χ0) is 12.9. The Morgan fingerprint density at radius 3 is 2.71 bits per heavy atom. The molecule has 0 N–H and O–H groups in total. The van der Waals surface area contributed by atoms with Gasteiger partial charge in [0.25, 0.3) is 0 Å². The van der Waals surface area contributed by atoms with Gasteiger partial charge in [-0.1, -0.05) is 13.0 Å². The molecule has 0 bridgehead atoms. The molecule has 0 saturated carbocycles. The number of aromatic nitrogens is 1. The molecule has 0 fully saturated rings. The maximum absolute atomic E-state index is 12.3. The van der Waals surface area contributed by atoms with Gasteiger partial charge in [0.05, 0.1) is 6.54 Å². The van der Waals surface area contributed by atoms with E-state index in [0.717, 1.165) is 0 Å². The van der Waals surface area contributed by atoms with Crippen LogP contribution in [0.3, 0.4) is 0 Å². The second-order valence-corrected chi connectivity index (χ2v) is 3.54. The van der Waals surface area contributed by atoms with Gasteiger partial charge in [0, 0.05) is 18.3 Å². The smallest absolute Gasteiger partial charge is 0.291 e. The zero-order valence-corrected chi connectivity index (χ0v) is 9.33. The number of hydrogen-bond donors (Lipinski definition) is 0. The summed E-state index contributed by atoms with van der Waals surface area (Å²) in [6, 6.07) is 5.09. The summed E-state index contributed by atoms with van der Waals surface area (Å²) in [7, 11) is 0. The van der Waals surface area contributed by atoms with E-state index in [9.17, 15) is 13.2 Å². The lowest BCUT2D eigenvalue weighted by Gasteiger charge is -2.22. The summed E-state index contributed by atoms with van der Waals surface area (Å²) in [6.07, 6.45) is -2.78. The summed E-state index contributed by atoms with van der Waals surface area (Å²) in [5.41, 5.74) is 0.689. The number of nitriles is 1. The Hall–Kier alpha value is -1.61. The van der Waals surface area contributed by atoms with Gasteiger partial charge in [-0.2, -0.15) is 18.4 Å². The van der Waals surface area contributed by atoms with Crippen molar-refractivity contribution in [3.63, 3.8) is 0 Å². The quantitative estimate of drug-likeness (QED) is 0.814. The first kappa shape index (κ1) is 13.5. The van der Waals surface area contributed by atoms with Crippen molar-refractivity contribution >= 4 is 0 Å². The first-order chi connectivity index (χ1) is 7.96. The fraction of sp³-hybridized carbons (Fsp3) is 0.455. The topological polar surface area (TPSA) is 39.9 Å². The van der Waals surface area contributed by atoms with E-state index >= 15 is 0 Å². The maximum atomic E-state index is 12.3. The highest BCUT2D eigenvalue weighted by Crippen LogP contribution is 2.18. The largest absolute Gasteiger partial charge is 0.401 e. The molecule has 6 heteroatoms. The molecule has 0 aliphatic carbocycles. The van der Waals surface area contributed by atoms with Gasteiger partial charge in [-0.3, -0.25) is 4.90 Å². The van der Waals surface area contributed by atoms with Crippen LogP contribution in [0, 0.1) is 11.3 Å². The van der Waals surface area contributed by atoms with E-state index < -0.39 is 12.7 Å². The number of hydrogen-bond acceptors (Lipinski definition) is 3. The van der Waals surface area contributed by atoms with Gasteiger partial charge in [0.1, 0.15) is 11.8 Å². The van der Waals surface area contributed by atoms with E-state index in [4.69, 9.17) is 5.26 Å². The molecule has 0 amide bonds. The third kappa shape index (κ3) is 4.41. The Labute approximate surface area is 97.5 Å². The standard InChI is InChI=1S/C11H12F3N3/c1-2-17(8-11(12,13)14)7-9-4-3-5-16-10(9)6-15/h3-5H,2,7-8H2,1H3. The number of halogens is 3. The fourth-order valence-electron chi connectivity index (χ4n) is 1.44. The van der Waals surface area contributed by atoms with Crippen LogP contribution >= 0.6 is 0 Å². The molecule has 0 radical (unpaired) electrons. The third-order valence-corrected chi connectivity index (χ3v) is 2.24. The van der Waals surface area contributed by atoms with Crippen LogP contribution in [0.2, 0.25) is 0 Å². The summed E-state index contributed by atoms with van der Waals surface area (Å²) in [5.74, 6) is 0. The van der Waals surface area contributed by atoms with E-state index in [-0.39, 0.29) is 18.8 Å². The van der Waals surface area contributed by atoms with Crippen molar-refractivity contribution in [2.24, 2.45) is 0 Å². The lowest BCUT2D eigenvalue weighted by atomic mass is 10.2. The highest BCUT2D eigenvalue weighted by atomic mass is 19.4. The SMILES string of the molecule is CCN(Cc1cccnc1C#N)CC(F)(F)F. The number of pyridine rings is 1. The Bertz CT molecular complexity index is 409. The molecule has 1 aromatic rings. The summed E-state index contributed by atoms with van der Waals surface area (Å²) >= 11 is 0. The lowest BCUT2D eigenvalue weighted by Crippen LogP contribution is -2.33. The van der Waals surface area contributed by atoms with Crippen molar-refractivity contribution < 1.29 is 13.2 Å². The van der Waals surface area contributed by atoms with Gasteiger partial charge in [-0.25, -0.2) is 4.98 Å². The molecule has 0 saturated heterocycles. The molecule has 0 aliphatic heterocycles. The molecular weight excluding hydrogens is 231 g/mol. The first-order valence-electron chi connectivity index (χ1n) is 5.09. The van der Waals surface area contributed by atoms with E-state index in [0.29, 0.717) is 5.56 Å². The monoisotopic (exact) mass is 243 g/mol. The molecule has 1 rings (SSSR count). The third-order valence-electron chi connectivity index (χ3n) is 2.24. The minimum atomic E-state index is -4.23. The summed E-state index contributed by atoms with van der Waals surface area (Å²) in [6.45, 7) is 1.00. The molecule has 0 aliphatic rings. The molecule has 1 heterocycles. The predicted molar refractivity (Wildman–Crippen MR) is 56.0 cm³/mol. The van der Waals surface area contributed by atoms with Crippen LogP contribution in [0.15, 0.2) is 18.3 Å². The molecule has 92 valence electrons. The van der Waals surface area contributed by atoms with Crippen molar-refractivity contribution in [2.75, 3.05) is 13.1 Å². The molecule has 0 atom stereocenters. The zero-order valence-electron chi connectivity index (χ0n) is 9.33. The van der Waals surface area contributed by atoms with Crippen LogP contribution in [-0.2, 0) is 6.54 Å². The molecule has 1 aromatic heterocycles. The summed E-state index contributed by atoms with van der Waals surface area (Å²) in [5, 5.41) is 8.78. The van der Waals surface area contributed by atoms with E-state index in [1.807, 2.05) is 6.07 Å². The van der Waals surface area contributed by atoms with Gasteiger partial charge in [0.2, 0.25) is 0 Å². The van der Waals surface area contributed by atoms with Crippen molar-refractivity contribution in [1.82, 2.24) is 9.88 Å². The molecule has 17 heavy (non-hydrogen) atoms. The van der Waals surface area contributed by atoms with Crippen molar-refractivity contribution in [2.45, 2.75) is 19.6 Å². The average molecular weight is 243 g/mol. The minimum absolute atomic E-state index is 0.0761. The van der Waals surface area contributed by atoms with E-state index in [1.165, 1.54) is 11.1 Å². The summed E-state index contributed by atoms with van der Waals surface area (Å²) < 4.78 is 36.8. The second kappa shape index (κ2) is 5.64. The molecule has 0 aromatic carbocycles.